The minimum Gasteiger partial charge on any atom is -0.351 e. The fourth-order valence-electron chi connectivity index (χ4n) is 2.83. The summed E-state index contributed by atoms with van der Waals surface area (Å²) in [5, 5.41) is 0. The third-order valence-electron chi connectivity index (χ3n) is 3.78. The average molecular weight is 300 g/mol. The quantitative estimate of drug-likeness (QED) is 0.894. The number of hydrogen-bond acceptors (Lipinski definition) is 3. The van der Waals surface area contributed by atoms with Gasteiger partial charge in [0, 0.05) is 12.2 Å². The number of rotatable bonds is 2. The number of halogens is 3. The lowest BCUT2D eigenvalue weighted by Crippen LogP contribution is -2.30. The van der Waals surface area contributed by atoms with Gasteiger partial charge < -0.3 is 9.97 Å². The summed E-state index contributed by atoms with van der Waals surface area (Å²) in [4.78, 5) is 22.2. The lowest BCUT2D eigenvalue weighted by atomic mass is 10.1. The van der Waals surface area contributed by atoms with Crippen LogP contribution >= 0.6 is 0 Å². The molecule has 1 aliphatic heterocycles. The predicted octanol–water partition coefficient (Wildman–Crippen LogP) is 2.26. The van der Waals surface area contributed by atoms with Crippen molar-refractivity contribution in [3.8, 4) is 0 Å². The second-order valence-electron chi connectivity index (χ2n) is 5.27. The van der Waals surface area contributed by atoms with Gasteiger partial charge in [-0.15, -0.1) is 0 Å². The van der Waals surface area contributed by atoms with Gasteiger partial charge in [-0.25, -0.2) is 4.98 Å². The van der Waals surface area contributed by atoms with E-state index in [0.29, 0.717) is 0 Å². The van der Waals surface area contributed by atoms with E-state index in [-0.39, 0.29) is 23.3 Å². The summed E-state index contributed by atoms with van der Waals surface area (Å²) >= 11 is 0. The lowest BCUT2D eigenvalue weighted by molar-refractivity contribution is -0.137. The van der Waals surface area contributed by atoms with Crippen molar-refractivity contribution in [3.05, 3.63) is 27.9 Å². The van der Waals surface area contributed by atoms with Crippen LogP contribution in [0, 0.1) is 0 Å². The van der Waals surface area contributed by atoms with Crippen LogP contribution in [0.4, 0.5) is 13.2 Å². The molecule has 1 saturated heterocycles. The molecule has 5 nitrogen and oxygen atoms in total. The Morgan fingerprint density at radius 1 is 1.24 bits per heavy atom. The van der Waals surface area contributed by atoms with Crippen LogP contribution in [-0.2, 0) is 12.7 Å². The highest BCUT2D eigenvalue weighted by atomic mass is 19.4. The van der Waals surface area contributed by atoms with E-state index in [1.165, 1.54) is 0 Å². The molecule has 0 aliphatic carbocycles. The number of alkyl halides is 3. The number of H-pyrrole nitrogens is 2. The fraction of sp³-hybridized carbons (Fsp3) is 0.538. The highest BCUT2D eigenvalue weighted by Gasteiger charge is 2.38. The Kier molecular flexibility index (Phi) is 3.48. The molecule has 0 unspecified atom stereocenters. The number of aromatic nitrogens is 3. The van der Waals surface area contributed by atoms with Crippen molar-refractivity contribution in [3.63, 3.8) is 0 Å². The van der Waals surface area contributed by atoms with Crippen molar-refractivity contribution < 1.29 is 13.2 Å². The average Bonchev–Trinajstić information content (AvgIpc) is 2.79. The maximum absolute atomic E-state index is 13.3. The van der Waals surface area contributed by atoms with E-state index in [1.807, 2.05) is 4.90 Å². The summed E-state index contributed by atoms with van der Waals surface area (Å²) < 4.78 is 39.9. The molecule has 114 valence electrons. The summed E-state index contributed by atoms with van der Waals surface area (Å²) in [5.41, 5.74) is -1.82. The first-order valence-corrected chi connectivity index (χ1v) is 6.84. The van der Waals surface area contributed by atoms with Gasteiger partial charge in [0.25, 0.3) is 5.56 Å². The summed E-state index contributed by atoms with van der Waals surface area (Å²) in [6.45, 7) is 1.71. The molecular weight excluding hydrogens is 285 g/mol. The summed E-state index contributed by atoms with van der Waals surface area (Å²) in [6.07, 6.45) is -0.458. The summed E-state index contributed by atoms with van der Waals surface area (Å²) in [6, 6.07) is 0. The first-order chi connectivity index (χ1) is 9.97. The number of likely N-dealkylation sites (tertiary alicyclic amines) is 1. The van der Waals surface area contributed by atoms with Crippen LogP contribution in [0.5, 0.6) is 0 Å². The molecule has 8 heteroatoms. The standard InChI is InChI=1S/C13H15F3N4O/c14-13(15,16)9-8(6-20-4-2-1-3-5-20)19-11-10(9)17-7-18-12(11)21/h7,19H,1-6H2,(H,17,18,21). The van der Waals surface area contributed by atoms with Gasteiger partial charge in [-0.3, -0.25) is 9.69 Å². The maximum atomic E-state index is 13.3. The van der Waals surface area contributed by atoms with Gasteiger partial charge >= 0.3 is 6.18 Å². The van der Waals surface area contributed by atoms with Crippen LogP contribution in [0.1, 0.15) is 30.5 Å². The molecule has 0 aromatic carbocycles. The predicted molar refractivity (Wildman–Crippen MR) is 70.8 cm³/mol. The Bertz CT molecular complexity index is 697. The number of nitrogens with zero attached hydrogens (tertiary/aromatic N) is 2. The van der Waals surface area contributed by atoms with Crippen LogP contribution in [0.25, 0.3) is 11.0 Å². The number of piperidine rings is 1. The molecule has 0 saturated carbocycles. The first-order valence-electron chi connectivity index (χ1n) is 6.84. The second kappa shape index (κ2) is 5.18. The normalized spacial score (nSPS) is 17.5. The van der Waals surface area contributed by atoms with Gasteiger partial charge in [0.2, 0.25) is 0 Å². The molecule has 2 N–H and O–H groups in total. The van der Waals surface area contributed by atoms with Gasteiger partial charge in [0.1, 0.15) is 16.6 Å². The van der Waals surface area contributed by atoms with E-state index in [0.717, 1.165) is 38.7 Å². The van der Waals surface area contributed by atoms with Crippen LogP contribution in [0.3, 0.4) is 0 Å². The SMILES string of the molecule is O=c1[nH]cnc2c(C(F)(F)F)c(CN3CCCCC3)[nH]c12. The van der Waals surface area contributed by atoms with E-state index in [9.17, 15) is 18.0 Å². The number of aromatic amines is 2. The van der Waals surface area contributed by atoms with Gasteiger partial charge in [-0.05, 0) is 25.9 Å². The minimum atomic E-state index is -4.54. The molecule has 0 atom stereocenters. The zero-order chi connectivity index (χ0) is 15.0. The number of nitrogens with one attached hydrogen (secondary N) is 2. The largest absolute Gasteiger partial charge is 0.420 e. The van der Waals surface area contributed by atoms with E-state index in [4.69, 9.17) is 0 Å². The van der Waals surface area contributed by atoms with E-state index in [2.05, 4.69) is 15.0 Å². The van der Waals surface area contributed by atoms with Crippen molar-refractivity contribution in [2.45, 2.75) is 32.0 Å². The smallest absolute Gasteiger partial charge is 0.351 e. The van der Waals surface area contributed by atoms with Crippen LogP contribution in [0.2, 0.25) is 0 Å². The molecule has 0 radical (unpaired) electrons. The fourth-order valence-corrected chi connectivity index (χ4v) is 2.83. The third kappa shape index (κ3) is 2.67. The van der Waals surface area contributed by atoms with Crippen molar-refractivity contribution in [2.24, 2.45) is 0 Å². The topological polar surface area (TPSA) is 64.8 Å². The highest BCUT2D eigenvalue weighted by molar-refractivity contribution is 5.80. The molecule has 0 amide bonds. The molecule has 1 fully saturated rings. The number of hydrogen-bond donors (Lipinski definition) is 2. The lowest BCUT2D eigenvalue weighted by Gasteiger charge is -2.26. The number of fused-ring (bicyclic) bond motifs is 1. The van der Waals surface area contributed by atoms with Gasteiger partial charge in [-0.2, -0.15) is 13.2 Å². The van der Waals surface area contributed by atoms with E-state index < -0.39 is 17.3 Å². The van der Waals surface area contributed by atoms with Crippen molar-refractivity contribution in [1.29, 1.82) is 0 Å². The molecule has 2 aromatic rings. The molecule has 0 spiro atoms. The summed E-state index contributed by atoms with van der Waals surface area (Å²) in [7, 11) is 0. The zero-order valence-corrected chi connectivity index (χ0v) is 11.3. The van der Waals surface area contributed by atoms with Gasteiger partial charge in [0.15, 0.2) is 0 Å². The van der Waals surface area contributed by atoms with Crippen LogP contribution in [0.15, 0.2) is 11.1 Å². The monoisotopic (exact) mass is 300 g/mol. The Morgan fingerprint density at radius 2 is 1.95 bits per heavy atom. The Morgan fingerprint density at radius 3 is 2.62 bits per heavy atom. The Balaban J connectivity index is 2.08. The van der Waals surface area contributed by atoms with Gasteiger partial charge in [-0.1, -0.05) is 6.42 Å². The van der Waals surface area contributed by atoms with Crippen molar-refractivity contribution >= 4 is 11.0 Å². The molecule has 0 bridgehead atoms. The Labute approximate surface area is 118 Å². The van der Waals surface area contributed by atoms with Crippen LogP contribution in [-0.4, -0.2) is 32.9 Å². The third-order valence-corrected chi connectivity index (χ3v) is 3.78. The van der Waals surface area contributed by atoms with Crippen molar-refractivity contribution in [1.82, 2.24) is 19.9 Å². The van der Waals surface area contributed by atoms with E-state index >= 15 is 0 Å². The second-order valence-corrected chi connectivity index (χ2v) is 5.27. The maximum Gasteiger partial charge on any atom is 0.420 e. The van der Waals surface area contributed by atoms with Crippen molar-refractivity contribution in [2.75, 3.05) is 13.1 Å². The molecule has 2 aromatic heterocycles. The molecule has 3 rings (SSSR count). The van der Waals surface area contributed by atoms with Gasteiger partial charge in [0.05, 0.1) is 6.33 Å². The summed E-state index contributed by atoms with van der Waals surface area (Å²) in [5.74, 6) is 0. The van der Waals surface area contributed by atoms with E-state index in [1.54, 1.807) is 0 Å². The minimum absolute atomic E-state index is 0.0172. The molecule has 1 aliphatic rings. The first kappa shape index (κ1) is 14.1. The molecule has 3 heterocycles. The molecule has 21 heavy (non-hydrogen) atoms. The Hall–Kier alpha value is -1.83. The highest BCUT2D eigenvalue weighted by Crippen LogP contribution is 2.36. The van der Waals surface area contributed by atoms with Crippen LogP contribution < -0.4 is 5.56 Å². The zero-order valence-electron chi connectivity index (χ0n) is 11.3. The molecular formula is C13H15F3N4O.